The topological polar surface area (TPSA) is 51.5 Å². The van der Waals surface area contributed by atoms with Crippen LogP contribution in [0.25, 0.3) is 27.7 Å². The van der Waals surface area contributed by atoms with Crippen molar-refractivity contribution in [1.29, 1.82) is 0 Å². The minimum absolute atomic E-state index is 0.199. The molecule has 0 atom stereocenters. The zero-order valence-electron chi connectivity index (χ0n) is 17.5. The number of carbonyl (C=O) groups is 1. The van der Waals surface area contributed by atoms with Gasteiger partial charge in [-0.1, -0.05) is 46.3 Å². The number of benzene rings is 3. The number of fused-ring (bicyclic) bond motifs is 1. The molecule has 0 saturated heterocycles. The summed E-state index contributed by atoms with van der Waals surface area (Å²) in [7, 11) is 1.63. The van der Waals surface area contributed by atoms with E-state index in [4.69, 9.17) is 9.15 Å². The maximum Gasteiger partial charge on any atom is 0.248 e. The van der Waals surface area contributed by atoms with E-state index in [-0.39, 0.29) is 5.91 Å². The summed E-state index contributed by atoms with van der Waals surface area (Å²) in [6, 6.07) is 19.6. The van der Waals surface area contributed by atoms with Crippen molar-refractivity contribution in [3.8, 4) is 16.9 Å². The summed E-state index contributed by atoms with van der Waals surface area (Å²) in [5.74, 6) is 0.502. The number of amides is 1. The van der Waals surface area contributed by atoms with E-state index in [2.05, 4.69) is 33.4 Å². The van der Waals surface area contributed by atoms with Crippen molar-refractivity contribution in [3.63, 3.8) is 0 Å². The number of anilines is 1. The van der Waals surface area contributed by atoms with Gasteiger partial charge >= 0.3 is 0 Å². The minimum atomic E-state index is -0.199. The van der Waals surface area contributed by atoms with Crippen molar-refractivity contribution < 1.29 is 13.9 Å². The van der Waals surface area contributed by atoms with Crippen molar-refractivity contribution in [2.24, 2.45) is 0 Å². The van der Waals surface area contributed by atoms with E-state index >= 15 is 0 Å². The third kappa shape index (κ3) is 4.28. The van der Waals surface area contributed by atoms with Crippen LogP contribution in [0.1, 0.15) is 18.1 Å². The first kappa shape index (κ1) is 20.9. The first-order valence-corrected chi connectivity index (χ1v) is 10.7. The molecule has 0 bridgehead atoms. The fraction of sp³-hybridized carbons (Fsp3) is 0.115. The third-order valence-corrected chi connectivity index (χ3v) is 5.75. The van der Waals surface area contributed by atoms with E-state index in [1.165, 1.54) is 0 Å². The zero-order chi connectivity index (χ0) is 22.0. The maximum absolute atomic E-state index is 12.6. The summed E-state index contributed by atoms with van der Waals surface area (Å²) in [5.41, 5.74) is 6.16. The number of carbonyl (C=O) groups excluding carboxylic acids is 1. The zero-order valence-corrected chi connectivity index (χ0v) is 19.1. The van der Waals surface area contributed by atoms with Crippen LogP contribution in [0.4, 0.5) is 5.69 Å². The highest BCUT2D eigenvalue weighted by molar-refractivity contribution is 9.10. The average Bonchev–Trinajstić information content (AvgIpc) is 3.20. The van der Waals surface area contributed by atoms with Gasteiger partial charge in [-0.2, -0.15) is 0 Å². The van der Waals surface area contributed by atoms with Gasteiger partial charge in [-0.25, -0.2) is 0 Å². The number of hydrogen-bond donors (Lipinski definition) is 1. The lowest BCUT2D eigenvalue weighted by Gasteiger charge is -2.13. The Bertz CT molecular complexity index is 1270. The normalized spacial score (nSPS) is 11.5. The van der Waals surface area contributed by atoms with Crippen LogP contribution >= 0.6 is 15.9 Å². The fourth-order valence-electron chi connectivity index (χ4n) is 3.70. The van der Waals surface area contributed by atoms with Crippen LogP contribution in [0, 0.1) is 6.92 Å². The lowest BCUT2D eigenvalue weighted by Crippen LogP contribution is -2.08. The predicted molar refractivity (Wildman–Crippen MR) is 129 cm³/mol. The molecule has 0 unspecified atom stereocenters. The van der Waals surface area contributed by atoms with Crippen LogP contribution < -0.4 is 10.1 Å². The van der Waals surface area contributed by atoms with Crippen molar-refractivity contribution in [2.75, 3.05) is 12.4 Å². The molecule has 1 aromatic heterocycles. The number of rotatable bonds is 5. The summed E-state index contributed by atoms with van der Waals surface area (Å²) in [5, 5.41) is 3.88. The third-order valence-electron chi connectivity index (χ3n) is 5.22. The highest BCUT2D eigenvalue weighted by Crippen LogP contribution is 2.40. The number of ether oxygens (including phenoxy) is 1. The molecule has 0 aliphatic rings. The Morgan fingerprint density at radius 1 is 1.10 bits per heavy atom. The summed E-state index contributed by atoms with van der Waals surface area (Å²) >= 11 is 3.40. The van der Waals surface area contributed by atoms with Crippen molar-refractivity contribution in [2.45, 2.75) is 13.8 Å². The predicted octanol–water partition coefficient (Wildman–Crippen LogP) is 7.22. The smallest absolute Gasteiger partial charge is 0.248 e. The molecular weight excluding hydrogens is 454 g/mol. The highest BCUT2D eigenvalue weighted by Gasteiger charge is 2.18. The van der Waals surface area contributed by atoms with Gasteiger partial charge in [-0.3, -0.25) is 4.79 Å². The van der Waals surface area contributed by atoms with Crippen molar-refractivity contribution in [3.05, 3.63) is 88.6 Å². The molecule has 0 aliphatic heterocycles. The Balaban J connectivity index is 1.75. The second kappa shape index (κ2) is 8.82. The molecule has 31 heavy (non-hydrogen) atoms. The summed E-state index contributed by atoms with van der Waals surface area (Å²) in [6.45, 7) is 3.88. The molecule has 1 N–H and O–H groups in total. The minimum Gasteiger partial charge on any atom is -0.496 e. The van der Waals surface area contributed by atoms with Gasteiger partial charge in [0, 0.05) is 38.3 Å². The first-order chi connectivity index (χ1) is 15.0. The van der Waals surface area contributed by atoms with E-state index in [1.807, 2.05) is 62.4 Å². The number of nitrogens with one attached hydrogen (secondary N) is 1. The number of aryl methyl sites for hydroxylation is 1. The largest absolute Gasteiger partial charge is 0.496 e. The van der Waals surface area contributed by atoms with Crippen LogP contribution in [0.2, 0.25) is 0 Å². The van der Waals surface area contributed by atoms with Gasteiger partial charge in [-0.15, -0.1) is 0 Å². The van der Waals surface area contributed by atoms with Gasteiger partial charge in [0.25, 0.3) is 0 Å². The molecule has 0 saturated carbocycles. The molecule has 1 heterocycles. The summed E-state index contributed by atoms with van der Waals surface area (Å²) in [6.07, 6.45) is 3.36. The Morgan fingerprint density at radius 3 is 2.48 bits per heavy atom. The number of allylic oxidation sites excluding steroid dienone is 1. The van der Waals surface area contributed by atoms with E-state index in [9.17, 15) is 4.79 Å². The lowest BCUT2D eigenvalue weighted by atomic mass is 9.96. The fourth-order valence-corrected chi connectivity index (χ4v) is 3.96. The Morgan fingerprint density at radius 2 is 1.81 bits per heavy atom. The van der Waals surface area contributed by atoms with Crippen molar-refractivity contribution in [1.82, 2.24) is 0 Å². The lowest BCUT2D eigenvalue weighted by molar-refractivity contribution is -0.111. The van der Waals surface area contributed by atoms with Gasteiger partial charge in [-0.05, 0) is 55.3 Å². The van der Waals surface area contributed by atoms with Crippen LogP contribution in [-0.2, 0) is 4.79 Å². The Hall–Kier alpha value is -3.31. The molecule has 0 fully saturated rings. The van der Waals surface area contributed by atoms with Crippen LogP contribution in [0.15, 0.2) is 81.9 Å². The molecule has 5 heteroatoms. The Kier molecular flexibility index (Phi) is 5.96. The maximum atomic E-state index is 12.6. The van der Waals surface area contributed by atoms with E-state index < -0.39 is 0 Å². The second-order valence-corrected chi connectivity index (χ2v) is 8.21. The van der Waals surface area contributed by atoms with Gasteiger partial charge < -0.3 is 14.5 Å². The van der Waals surface area contributed by atoms with Crippen molar-refractivity contribution >= 4 is 44.1 Å². The molecule has 4 aromatic rings. The van der Waals surface area contributed by atoms with Gasteiger partial charge in [0.2, 0.25) is 5.91 Å². The van der Waals surface area contributed by atoms with Crippen LogP contribution in [-0.4, -0.2) is 13.0 Å². The van der Waals surface area contributed by atoms with Gasteiger partial charge in [0.05, 0.1) is 13.4 Å². The summed E-state index contributed by atoms with van der Waals surface area (Å²) in [4.78, 5) is 12.6. The quantitative estimate of drug-likeness (QED) is 0.310. The average molecular weight is 476 g/mol. The first-order valence-electron chi connectivity index (χ1n) is 9.87. The monoisotopic (exact) mass is 475 g/mol. The molecule has 0 spiro atoms. The number of halogens is 1. The molecule has 4 rings (SSSR count). The Labute approximate surface area is 189 Å². The number of methoxy groups -OCH3 is 1. The molecule has 3 aromatic carbocycles. The molecule has 0 aliphatic carbocycles. The molecular formula is C26H22BrNO3. The molecule has 0 radical (unpaired) electrons. The van der Waals surface area contributed by atoms with Crippen LogP contribution in [0.5, 0.6) is 5.75 Å². The van der Waals surface area contributed by atoms with E-state index in [1.54, 1.807) is 19.4 Å². The summed E-state index contributed by atoms with van der Waals surface area (Å²) < 4.78 is 12.6. The van der Waals surface area contributed by atoms with Crippen LogP contribution in [0.3, 0.4) is 0 Å². The van der Waals surface area contributed by atoms with Gasteiger partial charge in [0.15, 0.2) is 0 Å². The highest BCUT2D eigenvalue weighted by atomic mass is 79.9. The number of furan rings is 1. The SMILES string of the molecule is COc1c(/C(C)=C/C(=O)Nc2ccc(Br)cc2)cc2c(-c3ccccc3)coc2c1C. The number of hydrogen-bond acceptors (Lipinski definition) is 3. The molecule has 1 amide bonds. The standard InChI is InChI=1S/C26H22BrNO3/c1-16(13-24(29)28-20-11-9-19(27)10-12-20)21-14-22-23(18-7-5-4-6-8-18)15-31-26(22)17(2)25(21)30-3/h4-15H,1-3H3,(H,28,29)/b16-13+. The molecule has 4 nitrogen and oxygen atoms in total. The molecule has 156 valence electrons. The van der Waals surface area contributed by atoms with E-state index in [0.717, 1.165) is 49.0 Å². The second-order valence-electron chi connectivity index (χ2n) is 7.30. The van der Waals surface area contributed by atoms with E-state index in [0.29, 0.717) is 5.75 Å². The van der Waals surface area contributed by atoms with Gasteiger partial charge in [0.1, 0.15) is 11.3 Å².